The Kier molecular flexibility index (Phi) is 37.5. The second-order valence-electron chi connectivity index (χ2n) is 14.3. The standard InChI is InChI=1S/C43H80O6/c1-4-7-10-13-16-19-21-22-25-27-30-33-36-42(45)48-39-40(38-47-41(44)35-32-29-26-23-18-15-12-9-6-3)49-43(46)37-34-31-28-24-20-17-14-11-8-5-2/h14,17,40H,4-13,15-16,18-39H2,1-3H3/b17-14-. The van der Waals surface area contributed by atoms with Crippen molar-refractivity contribution in [3.8, 4) is 0 Å². The van der Waals surface area contributed by atoms with Crippen LogP contribution in [-0.2, 0) is 28.6 Å². The van der Waals surface area contributed by atoms with Crippen molar-refractivity contribution in [2.75, 3.05) is 13.2 Å². The second-order valence-corrected chi connectivity index (χ2v) is 14.3. The van der Waals surface area contributed by atoms with Gasteiger partial charge in [0, 0.05) is 19.3 Å². The van der Waals surface area contributed by atoms with Gasteiger partial charge >= 0.3 is 17.9 Å². The van der Waals surface area contributed by atoms with Gasteiger partial charge in [0.15, 0.2) is 6.10 Å². The van der Waals surface area contributed by atoms with Crippen LogP contribution in [0.3, 0.4) is 0 Å². The summed E-state index contributed by atoms with van der Waals surface area (Å²) in [6.45, 7) is 6.56. The van der Waals surface area contributed by atoms with Gasteiger partial charge in [0.1, 0.15) is 13.2 Å². The predicted octanol–water partition coefficient (Wildman–Crippen LogP) is 13.1. The van der Waals surface area contributed by atoms with Gasteiger partial charge in [0.2, 0.25) is 0 Å². The minimum Gasteiger partial charge on any atom is -0.462 e. The summed E-state index contributed by atoms with van der Waals surface area (Å²) in [5.74, 6) is -0.884. The third kappa shape index (κ3) is 37.2. The number of unbranched alkanes of at least 4 members (excludes halogenated alkanes) is 25. The van der Waals surface area contributed by atoms with Gasteiger partial charge in [0.05, 0.1) is 0 Å². The van der Waals surface area contributed by atoms with Crippen LogP contribution in [-0.4, -0.2) is 37.2 Å². The van der Waals surface area contributed by atoms with Crippen LogP contribution in [0, 0.1) is 0 Å². The molecule has 6 nitrogen and oxygen atoms in total. The Balaban J connectivity index is 4.34. The molecule has 0 bridgehead atoms. The van der Waals surface area contributed by atoms with Crippen molar-refractivity contribution < 1.29 is 28.6 Å². The number of rotatable bonds is 38. The van der Waals surface area contributed by atoms with Crippen LogP contribution in [0.2, 0.25) is 0 Å². The maximum absolute atomic E-state index is 12.6. The van der Waals surface area contributed by atoms with Gasteiger partial charge in [-0.3, -0.25) is 14.4 Å². The maximum atomic E-state index is 12.6. The summed E-state index contributed by atoms with van der Waals surface area (Å²) in [5, 5.41) is 0. The van der Waals surface area contributed by atoms with Crippen molar-refractivity contribution in [2.45, 2.75) is 232 Å². The SMILES string of the molecule is CCCC/C=C\CCCCCCC(=O)OC(COC(=O)CCCCCCCCCCC)COC(=O)CCCCCCCCCCCCCC. The largest absolute Gasteiger partial charge is 0.462 e. The van der Waals surface area contributed by atoms with Crippen molar-refractivity contribution >= 4 is 17.9 Å². The monoisotopic (exact) mass is 693 g/mol. The molecule has 0 fully saturated rings. The number of allylic oxidation sites excluding steroid dienone is 2. The van der Waals surface area contributed by atoms with E-state index in [4.69, 9.17) is 14.2 Å². The number of carbonyl (C=O) groups is 3. The third-order valence-corrected chi connectivity index (χ3v) is 9.27. The molecule has 0 aromatic carbocycles. The summed E-state index contributed by atoms with van der Waals surface area (Å²) < 4.78 is 16.6. The van der Waals surface area contributed by atoms with E-state index in [0.717, 1.165) is 77.0 Å². The van der Waals surface area contributed by atoms with Crippen LogP contribution in [0.15, 0.2) is 12.2 Å². The first-order chi connectivity index (χ1) is 24.0. The summed E-state index contributed by atoms with van der Waals surface area (Å²) in [6.07, 6.45) is 39.1. The van der Waals surface area contributed by atoms with Gasteiger partial charge in [-0.25, -0.2) is 0 Å². The van der Waals surface area contributed by atoms with Gasteiger partial charge in [-0.1, -0.05) is 181 Å². The summed E-state index contributed by atoms with van der Waals surface area (Å²) in [7, 11) is 0. The van der Waals surface area contributed by atoms with Gasteiger partial charge in [-0.2, -0.15) is 0 Å². The van der Waals surface area contributed by atoms with E-state index in [9.17, 15) is 14.4 Å². The molecular formula is C43H80O6. The summed E-state index contributed by atoms with van der Waals surface area (Å²) in [4.78, 5) is 37.5. The van der Waals surface area contributed by atoms with E-state index in [1.54, 1.807) is 0 Å². The van der Waals surface area contributed by atoms with E-state index < -0.39 is 6.10 Å². The van der Waals surface area contributed by atoms with Gasteiger partial charge in [-0.05, 0) is 38.5 Å². The number of hydrogen-bond donors (Lipinski definition) is 0. The van der Waals surface area contributed by atoms with E-state index in [-0.39, 0.29) is 31.1 Å². The highest BCUT2D eigenvalue weighted by Crippen LogP contribution is 2.14. The lowest BCUT2D eigenvalue weighted by Crippen LogP contribution is -2.30. The molecule has 6 heteroatoms. The average Bonchev–Trinajstić information content (AvgIpc) is 3.10. The lowest BCUT2D eigenvalue weighted by molar-refractivity contribution is -0.167. The molecule has 0 aromatic heterocycles. The number of esters is 3. The Morgan fingerprint density at radius 1 is 0.388 bits per heavy atom. The lowest BCUT2D eigenvalue weighted by atomic mass is 10.0. The quantitative estimate of drug-likeness (QED) is 0.0277. The third-order valence-electron chi connectivity index (χ3n) is 9.27. The Labute approximate surface area is 303 Å². The molecule has 0 aliphatic rings. The number of carbonyl (C=O) groups excluding carboxylic acids is 3. The first-order valence-corrected chi connectivity index (χ1v) is 21.2. The molecule has 0 saturated heterocycles. The van der Waals surface area contributed by atoms with Gasteiger partial charge < -0.3 is 14.2 Å². The van der Waals surface area contributed by atoms with Crippen LogP contribution in [0.25, 0.3) is 0 Å². The smallest absolute Gasteiger partial charge is 0.306 e. The molecule has 0 aliphatic carbocycles. The fraction of sp³-hybridized carbons (Fsp3) is 0.884. The van der Waals surface area contributed by atoms with Crippen molar-refractivity contribution in [3.05, 3.63) is 12.2 Å². The zero-order valence-corrected chi connectivity index (χ0v) is 32.7. The van der Waals surface area contributed by atoms with E-state index in [2.05, 4.69) is 32.9 Å². The highest BCUT2D eigenvalue weighted by molar-refractivity contribution is 5.71. The zero-order valence-electron chi connectivity index (χ0n) is 32.7. The summed E-state index contributed by atoms with van der Waals surface area (Å²) in [6, 6.07) is 0. The first kappa shape index (κ1) is 47.1. The summed E-state index contributed by atoms with van der Waals surface area (Å²) in [5.41, 5.74) is 0. The molecule has 1 unspecified atom stereocenters. The Bertz CT molecular complexity index is 763. The second kappa shape index (κ2) is 38.9. The van der Waals surface area contributed by atoms with Crippen molar-refractivity contribution in [1.29, 1.82) is 0 Å². The molecule has 0 N–H and O–H groups in total. The minimum atomic E-state index is -0.765. The van der Waals surface area contributed by atoms with Crippen LogP contribution in [0.1, 0.15) is 226 Å². The molecule has 0 heterocycles. The van der Waals surface area contributed by atoms with Crippen LogP contribution in [0.5, 0.6) is 0 Å². The highest BCUT2D eigenvalue weighted by Gasteiger charge is 2.19. The molecule has 0 saturated carbocycles. The molecule has 0 radical (unpaired) electrons. The van der Waals surface area contributed by atoms with Gasteiger partial charge in [0.25, 0.3) is 0 Å². The average molecular weight is 693 g/mol. The maximum Gasteiger partial charge on any atom is 0.306 e. The topological polar surface area (TPSA) is 78.9 Å². The molecule has 0 aromatic rings. The fourth-order valence-electron chi connectivity index (χ4n) is 6.01. The first-order valence-electron chi connectivity index (χ1n) is 21.2. The van der Waals surface area contributed by atoms with Crippen LogP contribution >= 0.6 is 0 Å². The van der Waals surface area contributed by atoms with E-state index >= 15 is 0 Å². The van der Waals surface area contributed by atoms with E-state index in [1.165, 1.54) is 109 Å². The van der Waals surface area contributed by atoms with E-state index in [1.807, 2.05) is 0 Å². The molecule has 0 spiro atoms. The Hall–Kier alpha value is -1.85. The number of hydrogen-bond acceptors (Lipinski definition) is 6. The lowest BCUT2D eigenvalue weighted by Gasteiger charge is -2.18. The number of ether oxygens (including phenoxy) is 3. The summed E-state index contributed by atoms with van der Waals surface area (Å²) >= 11 is 0. The zero-order chi connectivity index (χ0) is 35.9. The van der Waals surface area contributed by atoms with E-state index in [0.29, 0.717) is 19.3 Å². The molecule has 0 aliphatic heterocycles. The van der Waals surface area contributed by atoms with Crippen LogP contribution < -0.4 is 0 Å². The molecule has 49 heavy (non-hydrogen) atoms. The van der Waals surface area contributed by atoms with Gasteiger partial charge in [-0.15, -0.1) is 0 Å². The normalized spacial score (nSPS) is 12.0. The van der Waals surface area contributed by atoms with Crippen LogP contribution in [0.4, 0.5) is 0 Å². The molecule has 288 valence electrons. The van der Waals surface area contributed by atoms with Crippen molar-refractivity contribution in [2.24, 2.45) is 0 Å². The fourth-order valence-corrected chi connectivity index (χ4v) is 6.01. The molecular weight excluding hydrogens is 612 g/mol. The van der Waals surface area contributed by atoms with Crippen molar-refractivity contribution in [3.63, 3.8) is 0 Å². The predicted molar refractivity (Wildman–Crippen MR) is 206 cm³/mol. The molecule has 0 rings (SSSR count). The Morgan fingerprint density at radius 3 is 1.08 bits per heavy atom. The molecule has 0 amide bonds. The van der Waals surface area contributed by atoms with Crippen molar-refractivity contribution in [1.82, 2.24) is 0 Å². The Morgan fingerprint density at radius 2 is 0.694 bits per heavy atom. The molecule has 1 atom stereocenters. The minimum absolute atomic E-state index is 0.0709. The highest BCUT2D eigenvalue weighted by atomic mass is 16.6.